The lowest BCUT2D eigenvalue weighted by Crippen LogP contribution is -2.24. The van der Waals surface area contributed by atoms with E-state index in [0.29, 0.717) is 10.0 Å². The van der Waals surface area contributed by atoms with Crippen LogP contribution in [-0.4, -0.2) is 41.0 Å². The Morgan fingerprint density at radius 1 is 0.909 bits per heavy atom. The Labute approximate surface area is 219 Å². The van der Waals surface area contributed by atoms with Crippen LogP contribution in [0.4, 0.5) is 5.82 Å². The van der Waals surface area contributed by atoms with Gasteiger partial charge in [0.05, 0.1) is 26.0 Å². The molecule has 0 aliphatic rings. The molecule has 9 heteroatoms. The number of thiophene rings is 2. The van der Waals surface area contributed by atoms with Crippen LogP contribution in [0.2, 0.25) is 10.0 Å². The molecule has 1 aromatic carbocycles. The van der Waals surface area contributed by atoms with Crippen LogP contribution in [0.3, 0.4) is 0 Å². The van der Waals surface area contributed by atoms with Crippen molar-refractivity contribution in [2.45, 2.75) is 26.7 Å². The summed E-state index contributed by atoms with van der Waals surface area (Å²) < 4.78 is 0. The molecular formula is C24H27Cl3N4S2. The van der Waals surface area contributed by atoms with Crippen molar-refractivity contribution < 1.29 is 0 Å². The maximum Gasteiger partial charge on any atom is 0.154 e. The van der Waals surface area contributed by atoms with Gasteiger partial charge in [0.1, 0.15) is 5.69 Å². The zero-order valence-corrected chi connectivity index (χ0v) is 22.6. The number of unbranched alkanes of at least 4 members (excludes halogenated alkanes) is 1. The van der Waals surface area contributed by atoms with Crippen LogP contribution < -0.4 is 5.32 Å². The van der Waals surface area contributed by atoms with E-state index in [-0.39, 0.29) is 12.4 Å². The Bertz CT molecular complexity index is 1170. The monoisotopic (exact) mass is 540 g/mol. The minimum atomic E-state index is 0. The average Bonchev–Trinajstić information content (AvgIpc) is 3.49. The highest BCUT2D eigenvalue weighted by molar-refractivity contribution is 7.23. The molecular weight excluding hydrogens is 515 g/mol. The predicted octanol–water partition coefficient (Wildman–Crippen LogP) is 8.35. The number of halogens is 3. The number of nitrogens with zero attached hydrogens (tertiary/aromatic N) is 3. The van der Waals surface area contributed by atoms with Crippen LogP contribution in [0.5, 0.6) is 0 Å². The zero-order valence-electron chi connectivity index (χ0n) is 18.6. The minimum Gasteiger partial charge on any atom is -0.368 e. The summed E-state index contributed by atoms with van der Waals surface area (Å²) in [4.78, 5) is 15.8. The normalized spacial score (nSPS) is 11.2. The lowest BCUT2D eigenvalue weighted by molar-refractivity contribution is 0.298. The molecule has 4 rings (SSSR count). The van der Waals surface area contributed by atoms with Crippen LogP contribution in [0.15, 0.2) is 41.8 Å². The van der Waals surface area contributed by atoms with Gasteiger partial charge in [-0.25, -0.2) is 9.97 Å². The Morgan fingerprint density at radius 3 is 2.27 bits per heavy atom. The molecule has 0 saturated carbocycles. The highest BCUT2D eigenvalue weighted by Crippen LogP contribution is 2.39. The molecule has 4 nitrogen and oxygen atoms in total. The van der Waals surface area contributed by atoms with E-state index in [1.165, 1.54) is 9.75 Å². The van der Waals surface area contributed by atoms with E-state index in [9.17, 15) is 0 Å². The highest BCUT2D eigenvalue weighted by Gasteiger charge is 2.15. The van der Waals surface area contributed by atoms with E-state index in [1.54, 1.807) is 34.8 Å². The summed E-state index contributed by atoms with van der Waals surface area (Å²) in [5, 5.41) is 6.61. The van der Waals surface area contributed by atoms with E-state index in [2.05, 4.69) is 53.7 Å². The Hall–Kier alpha value is -1.41. The molecule has 176 valence electrons. The van der Waals surface area contributed by atoms with Gasteiger partial charge in [0.15, 0.2) is 5.82 Å². The number of aromatic nitrogens is 2. The van der Waals surface area contributed by atoms with Crippen LogP contribution >= 0.6 is 58.3 Å². The molecule has 33 heavy (non-hydrogen) atoms. The van der Waals surface area contributed by atoms with Crippen LogP contribution in [-0.2, 0) is 0 Å². The van der Waals surface area contributed by atoms with Crippen molar-refractivity contribution in [1.29, 1.82) is 0 Å². The quantitative estimate of drug-likeness (QED) is 0.205. The van der Waals surface area contributed by atoms with E-state index >= 15 is 0 Å². The van der Waals surface area contributed by atoms with Crippen molar-refractivity contribution in [3.63, 3.8) is 0 Å². The standard InChI is InChI=1S/C24H26Cl2N4S2.ClH/c1-3-30(4-2)12-6-5-11-27-24-23(22-10-9-21(32-22)20-8-7-13-31-20)28-18-14-16(25)17(26)15-19(18)29-24;/h7-10,13-15H,3-6,11-12H2,1-2H3,(H,27,29);1H. The third kappa shape index (κ3) is 6.38. The third-order valence-electron chi connectivity index (χ3n) is 5.40. The zero-order chi connectivity index (χ0) is 22.5. The molecule has 0 radical (unpaired) electrons. The van der Waals surface area contributed by atoms with Crippen molar-refractivity contribution in [2.75, 3.05) is 31.5 Å². The van der Waals surface area contributed by atoms with Crippen molar-refractivity contribution in [3.05, 3.63) is 51.8 Å². The summed E-state index contributed by atoms with van der Waals surface area (Å²) in [5.74, 6) is 0.790. The Kier molecular flexibility index (Phi) is 9.80. The first kappa shape index (κ1) is 26.2. The second kappa shape index (κ2) is 12.3. The van der Waals surface area contributed by atoms with Crippen molar-refractivity contribution >= 4 is 75.1 Å². The van der Waals surface area contributed by atoms with E-state index in [4.69, 9.17) is 33.2 Å². The molecule has 0 fully saturated rings. The molecule has 1 N–H and O–H groups in total. The van der Waals surface area contributed by atoms with Gasteiger partial charge in [0, 0.05) is 16.3 Å². The van der Waals surface area contributed by atoms with E-state index in [0.717, 1.165) is 66.4 Å². The largest absolute Gasteiger partial charge is 0.368 e. The summed E-state index contributed by atoms with van der Waals surface area (Å²) >= 11 is 16.0. The van der Waals surface area contributed by atoms with Gasteiger partial charge >= 0.3 is 0 Å². The Balaban J connectivity index is 0.00000306. The van der Waals surface area contributed by atoms with Gasteiger partial charge in [-0.2, -0.15) is 0 Å². The molecule has 0 amide bonds. The molecule has 3 heterocycles. The summed E-state index contributed by atoms with van der Waals surface area (Å²) in [6, 6.07) is 12.1. The van der Waals surface area contributed by atoms with Gasteiger partial charge in [0.2, 0.25) is 0 Å². The smallest absolute Gasteiger partial charge is 0.154 e. The van der Waals surface area contributed by atoms with Gasteiger partial charge in [-0.1, -0.05) is 43.1 Å². The van der Waals surface area contributed by atoms with Crippen LogP contribution in [0.1, 0.15) is 26.7 Å². The summed E-state index contributed by atoms with van der Waals surface area (Å²) in [5.41, 5.74) is 2.34. The number of rotatable bonds is 10. The molecule has 0 aliphatic carbocycles. The summed E-state index contributed by atoms with van der Waals surface area (Å²) in [7, 11) is 0. The fraction of sp³-hybridized carbons (Fsp3) is 0.333. The second-order valence-corrected chi connectivity index (χ2v) is 10.3. The van der Waals surface area contributed by atoms with Gasteiger partial charge in [-0.3, -0.25) is 0 Å². The van der Waals surface area contributed by atoms with Crippen molar-refractivity contribution in [1.82, 2.24) is 14.9 Å². The SMILES string of the molecule is CCN(CC)CCCCNc1nc2cc(Cl)c(Cl)cc2nc1-c1ccc(-c2cccs2)s1.Cl. The second-order valence-electron chi connectivity index (χ2n) is 7.48. The van der Waals surface area contributed by atoms with Gasteiger partial charge in [-0.05, 0) is 68.2 Å². The van der Waals surface area contributed by atoms with Crippen molar-refractivity contribution in [3.8, 4) is 20.3 Å². The topological polar surface area (TPSA) is 41.0 Å². The summed E-state index contributed by atoms with van der Waals surface area (Å²) in [6.07, 6.45) is 2.22. The van der Waals surface area contributed by atoms with Gasteiger partial charge in [0.25, 0.3) is 0 Å². The number of hydrogen-bond acceptors (Lipinski definition) is 6. The Morgan fingerprint density at radius 2 is 1.61 bits per heavy atom. The minimum absolute atomic E-state index is 0. The first-order chi connectivity index (χ1) is 15.6. The lowest BCUT2D eigenvalue weighted by atomic mass is 10.2. The van der Waals surface area contributed by atoms with E-state index in [1.807, 2.05) is 0 Å². The predicted molar refractivity (Wildman–Crippen MR) is 149 cm³/mol. The molecule has 3 aromatic heterocycles. The van der Waals surface area contributed by atoms with E-state index < -0.39 is 0 Å². The first-order valence-corrected chi connectivity index (χ1v) is 13.3. The first-order valence-electron chi connectivity index (χ1n) is 10.9. The molecule has 0 bridgehead atoms. The molecule has 4 aromatic rings. The lowest BCUT2D eigenvalue weighted by Gasteiger charge is -2.17. The molecule has 0 atom stereocenters. The summed E-state index contributed by atoms with van der Waals surface area (Å²) in [6.45, 7) is 8.58. The fourth-order valence-electron chi connectivity index (χ4n) is 3.57. The fourth-order valence-corrected chi connectivity index (χ4v) is 5.72. The third-order valence-corrected chi connectivity index (χ3v) is 8.28. The van der Waals surface area contributed by atoms with Crippen LogP contribution in [0, 0.1) is 0 Å². The molecule has 0 aliphatic heterocycles. The molecule has 0 spiro atoms. The maximum atomic E-state index is 6.25. The number of nitrogens with one attached hydrogen (secondary N) is 1. The number of fused-ring (bicyclic) bond motifs is 1. The van der Waals surface area contributed by atoms with Gasteiger partial charge < -0.3 is 10.2 Å². The number of benzene rings is 1. The highest BCUT2D eigenvalue weighted by atomic mass is 35.5. The average molecular weight is 542 g/mol. The molecule has 0 saturated heterocycles. The number of anilines is 1. The van der Waals surface area contributed by atoms with Gasteiger partial charge in [-0.15, -0.1) is 35.1 Å². The maximum absolute atomic E-state index is 6.25. The van der Waals surface area contributed by atoms with Crippen LogP contribution in [0.25, 0.3) is 31.4 Å². The molecule has 0 unspecified atom stereocenters. The number of hydrogen-bond donors (Lipinski definition) is 1. The van der Waals surface area contributed by atoms with Crippen molar-refractivity contribution in [2.24, 2.45) is 0 Å².